The summed E-state index contributed by atoms with van der Waals surface area (Å²) in [6.45, 7) is 0. The summed E-state index contributed by atoms with van der Waals surface area (Å²) in [6.07, 6.45) is 3.70. The SMILES string of the molecule is CSC(=Nc1ccc(-c2c(Cl)cccc2Cl)cc1)NC#N. The molecular weight excluding hydrogens is 325 g/mol. The van der Waals surface area contributed by atoms with Crippen LogP contribution >= 0.6 is 35.0 Å². The molecule has 2 rings (SSSR count). The van der Waals surface area contributed by atoms with Gasteiger partial charge in [0.05, 0.1) is 5.69 Å². The number of hydrogen-bond donors (Lipinski definition) is 1. The zero-order valence-corrected chi connectivity index (χ0v) is 13.4. The molecule has 2 aromatic carbocycles. The highest BCUT2D eigenvalue weighted by atomic mass is 35.5. The molecule has 2 aromatic rings. The van der Waals surface area contributed by atoms with E-state index in [1.54, 1.807) is 12.1 Å². The molecule has 0 radical (unpaired) electrons. The fourth-order valence-corrected chi connectivity index (χ4v) is 2.73. The van der Waals surface area contributed by atoms with Crippen LogP contribution in [0.25, 0.3) is 11.1 Å². The number of halogens is 2. The molecule has 0 saturated heterocycles. The fraction of sp³-hybridized carbons (Fsp3) is 0.0667. The molecule has 0 aromatic heterocycles. The van der Waals surface area contributed by atoms with Crippen molar-refractivity contribution in [2.45, 2.75) is 0 Å². The van der Waals surface area contributed by atoms with Gasteiger partial charge in [-0.05, 0) is 36.1 Å². The Morgan fingerprint density at radius 3 is 2.29 bits per heavy atom. The van der Waals surface area contributed by atoms with Gasteiger partial charge < -0.3 is 0 Å². The zero-order chi connectivity index (χ0) is 15.2. The summed E-state index contributed by atoms with van der Waals surface area (Å²) in [5.41, 5.74) is 2.47. The molecule has 1 N–H and O–H groups in total. The molecule has 0 spiro atoms. The first-order valence-electron chi connectivity index (χ1n) is 5.98. The molecule has 0 atom stereocenters. The third-order valence-electron chi connectivity index (χ3n) is 2.71. The van der Waals surface area contributed by atoms with Gasteiger partial charge >= 0.3 is 0 Å². The van der Waals surface area contributed by atoms with Crippen molar-refractivity contribution in [3.63, 3.8) is 0 Å². The summed E-state index contributed by atoms with van der Waals surface area (Å²) in [4.78, 5) is 4.33. The van der Waals surface area contributed by atoms with Crippen molar-refractivity contribution in [2.24, 2.45) is 4.99 Å². The summed E-state index contributed by atoms with van der Waals surface area (Å²) in [5, 5.41) is 12.9. The van der Waals surface area contributed by atoms with Crippen molar-refractivity contribution >= 4 is 45.8 Å². The number of nitriles is 1. The normalized spacial score (nSPS) is 11.0. The van der Waals surface area contributed by atoms with Gasteiger partial charge in [-0.3, -0.25) is 5.32 Å². The van der Waals surface area contributed by atoms with E-state index in [1.807, 2.05) is 42.8 Å². The number of nitrogens with one attached hydrogen (secondary N) is 1. The summed E-state index contributed by atoms with van der Waals surface area (Å²) < 4.78 is 0. The van der Waals surface area contributed by atoms with Crippen molar-refractivity contribution in [1.82, 2.24) is 5.32 Å². The first-order valence-corrected chi connectivity index (χ1v) is 7.96. The van der Waals surface area contributed by atoms with Crippen molar-refractivity contribution in [3.05, 3.63) is 52.5 Å². The topological polar surface area (TPSA) is 48.2 Å². The molecule has 0 aliphatic carbocycles. The third-order valence-corrected chi connectivity index (χ3v) is 3.92. The molecule has 0 saturated carbocycles. The number of benzene rings is 2. The number of rotatable bonds is 2. The van der Waals surface area contributed by atoms with Gasteiger partial charge in [0, 0.05) is 15.6 Å². The summed E-state index contributed by atoms with van der Waals surface area (Å²) >= 11 is 13.7. The van der Waals surface area contributed by atoms with Gasteiger partial charge in [0.15, 0.2) is 11.4 Å². The first-order chi connectivity index (χ1) is 10.2. The summed E-state index contributed by atoms with van der Waals surface area (Å²) in [7, 11) is 0. The Labute approximate surface area is 137 Å². The average Bonchev–Trinajstić information content (AvgIpc) is 2.48. The van der Waals surface area contributed by atoms with Crippen LogP contribution in [0.1, 0.15) is 0 Å². The number of hydrogen-bond acceptors (Lipinski definition) is 3. The second kappa shape index (κ2) is 7.37. The largest absolute Gasteiger partial charge is 0.271 e. The maximum Gasteiger partial charge on any atom is 0.183 e. The monoisotopic (exact) mass is 335 g/mol. The van der Waals surface area contributed by atoms with Crippen molar-refractivity contribution in [1.29, 1.82) is 5.26 Å². The highest BCUT2D eigenvalue weighted by Crippen LogP contribution is 2.35. The minimum Gasteiger partial charge on any atom is -0.271 e. The lowest BCUT2D eigenvalue weighted by Gasteiger charge is -2.07. The Hall–Kier alpha value is -1.67. The lowest BCUT2D eigenvalue weighted by molar-refractivity contribution is 1.28. The van der Waals surface area contributed by atoms with E-state index in [0.29, 0.717) is 15.2 Å². The third kappa shape index (κ3) is 3.92. The van der Waals surface area contributed by atoms with E-state index in [1.165, 1.54) is 11.8 Å². The number of aliphatic imine (C=N–C) groups is 1. The Morgan fingerprint density at radius 1 is 1.14 bits per heavy atom. The molecule has 0 aliphatic heterocycles. The fourth-order valence-electron chi connectivity index (χ4n) is 1.77. The van der Waals surface area contributed by atoms with Crippen LogP contribution in [0, 0.1) is 11.5 Å². The molecule has 0 unspecified atom stereocenters. The smallest absolute Gasteiger partial charge is 0.183 e. The van der Waals surface area contributed by atoms with Crippen LogP contribution in [0.15, 0.2) is 47.5 Å². The Kier molecular flexibility index (Phi) is 5.51. The molecule has 3 nitrogen and oxygen atoms in total. The van der Waals surface area contributed by atoms with Crippen LogP contribution < -0.4 is 5.32 Å². The number of nitrogens with zero attached hydrogens (tertiary/aromatic N) is 2. The van der Waals surface area contributed by atoms with E-state index in [-0.39, 0.29) is 0 Å². The Morgan fingerprint density at radius 2 is 1.76 bits per heavy atom. The molecule has 0 heterocycles. The molecule has 0 amide bonds. The van der Waals surface area contributed by atoms with Gasteiger partial charge in [0.25, 0.3) is 0 Å². The van der Waals surface area contributed by atoms with Crippen LogP contribution in [0.4, 0.5) is 5.69 Å². The van der Waals surface area contributed by atoms with Crippen molar-refractivity contribution in [2.75, 3.05) is 6.26 Å². The second-order valence-corrected chi connectivity index (χ2v) is 5.61. The highest BCUT2D eigenvalue weighted by molar-refractivity contribution is 8.13. The van der Waals surface area contributed by atoms with E-state index in [0.717, 1.165) is 16.8 Å². The lowest BCUT2D eigenvalue weighted by atomic mass is 10.1. The van der Waals surface area contributed by atoms with Crippen LogP contribution in [0.3, 0.4) is 0 Å². The van der Waals surface area contributed by atoms with Gasteiger partial charge in [-0.2, -0.15) is 5.26 Å². The van der Waals surface area contributed by atoms with Crippen LogP contribution in [0.2, 0.25) is 10.0 Å². The first kappa shape index (κ1) is 15.7. The van der Waals surface area contributed by atoms with E-state index in [9.17, 15) is 0 Å². The maximum atomic E-state index is 8.62. The van der Waals surface area contributed by atoms with Crippen LogP contribution in [-0.2, 0) is 0 Å². The molecule has 6 heteroatoms. The molecule has 0 fully saturated rings. The predicted octanol–water partition coefficient (Wildman–Crippen LogP) is 5.08. The van der Waals surface area contributed by atoms with Crippen molar-refractivity contribution < 1.29 is 0 Å². The van der Waals surface area contributed by atoms with Gasteiger partial charge in [-0.15, -0.1) is 0 Å². The Bertz CT molecular complexity index is 686. The molecule has 0 bridgehead atoms. The second-order valence-electron chi connectivity index (χ2n) is 4.00. The van der Waals surface area contributed by atoms with Crippen LogP contribution in [0.5, 0.6) is 0 Å². The Balaban J connectivity index is 2.34. The lowest BCUT2D eigenvalue weighted by Crippen LogP contribution is -2.12. The minimum absolute atomic E-state index is 0.543. The molecular formula is C15H11Cl2N3S. The van der Waals surface area contributed by atoms with Gasteiger partial charge in [-0.1, -0.05) is 53.2 Å². The van der Waals surface area contributed by atoms with E-state index < -0.39 is 0 Å². The van der Waals surface area contributed by atoms with Gasteiger partial charge in [-0.25, -0.2) is 4.99 Å². The minimum atomic E-state index is 0.543. The standard InChI is InChI=1S/C15H11Cl2N3S/c1-21-15(19-9-18)20-11-7-5-10(6-8-11)14-12(16)3-2-4-13(14)17/h2-8H,1H3,(H,19,20). The molecule has 0 aliphatic rings. The predicted molar refractivity (Wildman–Crippen MR) is 91.3 cm³/mol. The summed E-state index contributed by atoms with van der Waals surface area (Å²) in [6, 6.07) is 12.9. The number of amidine groups is 1. The van der Waals surface area contributed by atoms with Crippen LogP contribution in [-0.4, -0.2) is 11.4 Å². The van der Waals surface area contributed by atoms with Gasteiger partial charge in [0.2, 0.25) is 0 Å². The quantitative estimate of drug-likeness (QED) is 0.360. The molecule has 21 heavy (non-hydrogen) atoms. The van der Waals surface area contributed by atoms with E-state index in [4.69, 9.17) is 28.5 Å². The maximum absolute atomic E-state index is 8.62. The molecule has 106 valence electrons. The van der Waals surface area contributed by atoms with Gasteiger partial charge in [0.1, 0.15) is 0 Å². The zero-order valence-electron chi connectivity index (χ0n) is 11.1. The number of thioether (sulfide) groups is 1. The summed E-state index contributed by atoms with van der Waals surface area (Å²) in [5.74, 6) is 0. The average molecular weight is 336 g/mol. The van der Waals surface area contributed by atoms with Crippen molar-refractivity contribution in [3.8, 4) is 17.3 Å². The van der Waals surface area contributed by atoms with E-state index in [2.05, 4.69) is 10.3 Å². The van der Waals surface area contributed by atoms with E-state index >= 15 is 0 Å². The highest BCUT2D eigenvalue weighted by Gasteiger charge is 2.08.